The number of benzene rings is 1. The zero-order chi connectivity index (χ0) is 15.0. The number of halogens is 2. The Hall–Kier alpha value is -0.140. The van der Waals surface area contributed by atoms with Crippen LogP contribution in [0.1, 0.15) is 13.8 Å². The van der Waals surface area contributed by atoms with Crippen molar-refractivity contribution in [1.82, 2.24) is 4.31 Å². The second-order valence-electron chi connectivity index (χ2n) is 5.38. The molecule has 1 fully saturated rings. The van der Waals surface area contributed by atoms with E-state index in [9.17, 15) is 8.42 Å². The van der Waals surface area contributed by atoms with Crippen molar-refractivity contribution in [2.45, 2.75) is 30.4 Å². The minimum atomic E-state index is -3.56. The van der Waals surface area contributed by atoms with E-state index in [-0.39, 0.29) is 23.4 Å². The summed E-state index contributed by atoms with van der Waals surface area (Å²) in [6.07, 6.45) is -0.294. The summed E-state index contributed by atoms with van der Waals surface area (Å²) in [4.78, 5) is 0.269. The molecule has 0 spiro atoms. The Morgan fingerprint density at radius 3 is 2.70 bits per heavy atom. The molecule has 1 atom stereocenters. The number of rotatable bonds is 3. The largest absolute Gasteiger partial charge is 0.368 e. The summed E-state index contributed by atoms with van der Waals surface area (Å²) >= 11 is 9.14. The summed E-state index contributed by atoms with van der Waals surface area (Å²) in [5, 5.41) is 0. The van der Waals surface area contributed by atoms with E-state index in [4.69, 9.17) is 16.3 Å². The lowest BCUT2D eigenvalue weighted by Gasteiger charge is -2.41. The number of sulfonamides is 1. The molecule has 2 rings (SSSR count). The first-order chi connectivity index (χ1) is 9.26. The lowest BCUT2D eigenvalue weighted by Crippen LogP contribution is -2.55. The summed E-state index contributed by atoms with van der Waals surface area (Å²) in [5.41, 5.74) is -0.549. The molecule has 1 aliphatic heterocycles. The van der Waals surface area contributed by atoms with E-state index in [1.165, 1.54) is 4.31 Å². The van der Waals surface area contributed by atoms with Crippen LogP contribution in [0.2, 0.25) is 0 Å². The minimum Gasteiger partial charge on any atom is -0.368 e. The number of nitrogens with zero attached hydrogens (tertiary/aromatic N) is 1. The van der Waals surface area contributed by atoms with Gasteiger partial charge in [0.1, 0.15) is 0 Å². The van der Waals surface area contributed by atoms with Gasteiger partial charge in [-0.05, 0) is 41.9 Å². The molecule has 4 nitrogen and oxygen atoms in total. The van der Waals surface area contributed by atoms with Gasteiger partial charge in [-0.15, -0.1) is 11.6 Å². The van der Waals surface area contributed by atoms with Crippen molar-refractivity contribution in [2.24, 2.45) is 0 Å². The van der Waals surface area contributed by atoms with E-state index >= 15 is 0 Å². The van der Waals surface area contributed by atoms with Gasteiger partial charge < -0.3 is 4.74 Å². The minimum absolute atomic E-state index is 0.269. The van der Waals surface area contributed by atoms with E-state index in [1.54, 1.807) is 24.3 Å². The molecule has 7 heteroatoms. The van der Waals surface area contributed by atoms with Crippen LogP contribution in [-0.4, -0.2) is 43.4 Å². The van der Waals surface area contributed by atoms with Crippen LogP contribution >= 0.6 is 27.5 Å². The highest BCUT2D eigenvalue weighted by Gasteiger charge is 2.39. The second kappa shape index (κ2) is 5.93. The number of alkyl halides is 1. The van der Waals surface area contributed by atoms with Crippen LogP contribution in [0.15, 0.2) is 33.6 Å². The summed E-state index contributed by atoms with van der Waals surface area (Å²) in [5.74, 6) is 0.269. The second-order valence-corrected chi connectivity index (χ2v) is 8.45. The van der Waals surface area contributed by atoms with Gasteiger partial charge in [-0.25, -0.2) is 8.42 Å². The zero-order valence-corrected chi connectivity index (χ0v) is 14.5. The van der Waals surface area contributed by atoms with Gasteiger partial charge in [0.25, 0.3) is 0 Å². The Balaban J connectivity index is 2.36. The Bertz CT molecular complexity index is 591. The molecule has 20 heavy (non-hydrogen) atoms. The van der Waals surface area contributed by atoms with Crippen LogP contribution in [0.25, 0.3) is 0 Å². The highest BCUT2D eigenvalue weighted by Crippen LogP contribution is 2.30. The summed E-state index contributed by atoms with van der Waals surface area (Å²) < 4.78 is 33.3. The Morgan fingerprint density at radius 2 is 2.10 bits per heavy atom. The monoisotopic (exact) mass is 381 g/mol. The lowest BCUT2D eigenvalue weighted by molar-refractivity contribution is -0.107. The van der Waals surface area contributed by atoms with Crippen molar-refractivity contribution in [3.63, 3.8) is 0 Å². The van der Waals surface area contributed by atoms with Gasteiger partial charge in [0.15, 0.2) is 0 Å². The fourth-order valence-electron chi connectivity index (χ4n) is 2.30. The van der Waals surface area contributed by atoms with Crippen molar-refractivity contribution >= 4 is 37.6 Å². The van der Waals surface area contributed by atoms with Crippen LogP contribution < -0.4 is 0 Å². The number of morpholine rings is 1. The molecule has 0 bridgehead atoms. The third kappa shape index (κ3) is 3.36. The molecule has 1 saturated heterocycles. The summed E-state index contributed by atoms with van der Waals surface area (Å²) in [6, 6.07) is 6.81. The molecule has 112 valence electrons. The third-order valence-corrected chi connectivity index (χ3v) is 6.24. The number of hydrogen-bond acceptors (Lipinski definition) is 3. The molecule has 1 aromatic carbocycles. The molecule has 0 amide bonds. The molecular formula is C13H17BrClNO3S. The van der Waals surface area contributed by atoms with Gasteiger partial charge in [-0.2, -0.15) is 4.31 Å². The van der Waals surface area contributed by atoms with Crippen molar-refractivity contribution in [3.05, 3.63) is 28.7 Å². The standard InChI is InChI=1S/C13H17BrClNO3S/c1-13(2)9-16(8-10(7-15)19-13)20(17,18)12-6-4-3-5-11(12)14/h3-6,10H,7-9H2,1-2H3. The van der Waals surface area contributed by atoms with E-state index < -0.39 is 15.6 Å². The number of hydrogen-bond donors (Lipinski definition) is 0. The van der Waals surface area contributed by atoms with Crippen molar-refractivity contribution < 1.29 is 13.2 Å². The summed E-state index contributed by atoms with van der Waals surface area (Å²) in [7, 11) is -3.56. The van der Waals surface area contributed by atoms with Crippen LogP contribution in [0.3, 0.4) is 0 Å². The fourth-order valence-corrected chi connectivity index (χ4v) is 5.04. The Morgan fingerprint density at radius 1 is 1.45 bits per heavy atom. The molecule has 1 aromatic rings. The van der Waals surface area contributed by atoms with Gasteiger partial charge >= 0.3 is 0 Å². The summed E-state index contributed by atoms with van der Waals surface area (Å²) in [6.45, 7) is 4.32. The fraction of sp³-hybridized carbons (Fsp3) is 0.538. The van der Waals surface area contributed by atoms with Gasteiger partial charge in [0.2, 0.25) is 10.0 Å². The van der Waals surface area contributed by atoms with Gasteiger partial charge in [-0.1, -0.05) is 12.1 Å². The SMILES string of the molecule is CC1(C)CN(S(=O)(=O)c2ccccc2Br)CC(CCl)O1. The van der Waals surface area contributed by atoms with Gasteiger partial charge in [0, 0.05) is 23.4 Å². The number of ether oxygens (including phenoxy) is 1. The predicted molar refractivity (Wildman–Crippen MR) is 82.6 cm³/mol. The Labute approximate surface area is 133 Å². The molecule has 0 saturated carbocycles. The van der Waals surface area contributed by atoms with Crippen LogP contribution in [0.4, 0.5) is 0 Å². The van der Waals surface area contributed by atoms with Gasteiger partial charge in [-0.3, -0.25) is 0 Å². The lowest BCUT2D eigenvalue weighted by atomic mass is 10.1. The van der Waals surface area contributed by atoms with Crippen LogP contribution in [-0.2, 0) is 14.8 Å². The van der Waals surface area contributed by atoms with Crippen molar-refractivity contribution in [1.29, 1.82) is 0 Å². The van der Waals surface area contributed by atoms with E-state index in [1.807, 2.05) is 13.8 Å². The normalized spacial score (nSPS) is 23.7. The van der Waals surface area contributed by atoms with E-state index in [0.29, 0.717) is 11.0 Å². The maximum absolute atomic E-state index is 12.8. The molecule has 0 radical (unpaired) electrons. The highest BCUT2D eigenvalue weighted by atomic mass is 79.9. The third-order valence-electron chi connectivity index (χ3n) is 3.08. The molecule has 1 heterocycles. The maximum atomic E-state index is 12.8. The van der Waals surface area contributed by atoms with Crippen LogP contribution in [0.5, 0.6) is 0 Å². The van der Waals surface area contributed by atoms with Crippen LogP contribution in [0, 0.1) is 0 Å². The topological polar surface area (TPSA) is 46.6 Å². The quantitative estimate of drug-likeness (QED) is 0.755. The molecule has 0 aromatic heterocycles. The first-order valence-corrected chi connectivity index (χ1v) is 9.01. The molecule has 0 aliphatic carbocycles. The van der Waals surface area contributed by atoms with Crippen molar-refractivity contribution in [3.8, 4) is 0 Å². The van der Waals surface area contributed by atoms with Gasteiger partial charge in [0.05, 0.1) is 16.6 Å². The zero-order valence-electron chi connectivity index (χ0n) is 11.3. The average Bonchev–Trinajstić information content (AvgIpc) is 2.37. The first kappa shape index (κ1) is 16.2. The smallest absolute Gasteiger partial charge is 0.244 e. The molecule has 1 unspecified atom stereocenters. The first-order valence-electron chi connectivity index (χ1n) is 6.25. The highest BCUT2D eigenvalue weighted by molar-refractivity contribution is 9.10. The molecule has 0 N–H and O–H groups in total. The average molecular weight is 383 g/mol. The molecular weight excluding hydrogens is 366 g/mol. The van der Waals surface area contributed by atoms with E-state index in [2.05, 4.69) is 15.9 Å². The Kier molecular flexibility index (Phi) is 4.81. The molecule has 1 aliphatic rings. The van der Waals surface area contributed by atoms with Crippen molar-refractivity contribution in [2.75, 3.05) is 19.0 Å². The predicted octanol–water partition coefficient (Wildman–Crippen LogP) is 2.86. The van der Waals surface area contributed by atoms with E-state index in [0.717, 1.165) is 0 Å². The maximum Gasteiger partial charge on any atom is 0.244 e.